The van der Waals surface area contributed by atoms with Gasteiger partial charge in [-0.25, -0.2) is 0 Å². The molecule has 0 atom stereocenters. The molecule has 15 heavy (non-hydrogen) atoms. The van der Waals surface area contributed by atoms with Crippen LogP contribution >= 0.6 is 0 Å². The fraction of sp³-hybridized carbons (Fsp3) is 0.917. The van der Waals surface area contributed by atoms with E-state index in [1.165, 1.54) is 6.54 Å². The number of rotatable bonds is 3. The Hall–Kier alpha value is 0.608. The normalized spacial score (nSPS) is 11.2. The summed E-state index contributed by atoms with van der Waals surface area (Å²) >= 11 is 0. The minimum atomic E-state index is 0. The average molecular weight is 385 g/mol. The van der Waals surface area contributed by atoms with E-state index in [0.29, 0.717) is 5.41 Å². The van der Waals surface area contributed by atoms with Gasteiger partial charge in [-0.2, -0.15) is 0 Å². The van der Waals surface area contributed by atoms with Gasteiger partial charge in [0.1, 0.15) is 0 Å². The van der Waals surface area contributed by atoms with Gasteiger partial charge >= 0.3 is 0 Å². The van der Waals surface area contributed by atoms with E-state index in [1.54, 1.807) is 4.90 Å². The number of hydrogen-bond acceptors (Lipinski definition) is 2. The molecule has 0 aliphatic heterocycles. The van der Waals surface area contributed by atoms with Crippen LogP contribution in [0.3, 0.4) is 0 Å². The maximum absolute atomic E-state index is 3.47. The fourth-order valence-electron chi connectivity index (χ4n) is 0.998. The van der Waals surface area contributed by atoms with Crippen molar-refractivity contribution in [1.82, 2.24) is 9.80 Å². The Bertz CT molecular complexity index is 129. The molecule has 3 heteroatoms. The molecule has 0 aromatic rings. The molecular weight excluding hydrogens is 356 g/mol. The molecule has 0 bridgehead atoms. The molecule has 0 aromatic carbocycles. The van der Waals surface area contributed by atoms with E-state index in [-0.39, 0.29) is 21.1 Å². The van der Waals surface area contributed by atoms with Gasteiger partial charge in [0.25, 0.3) is 0 Å². The van der Waals surface area contributed by atoms with Gasteiger partial charge in [-0.1, -0.05) is 27.7 Å². The standard InChI is InChI=1S/C9H21N.C3H8N.W/c1-8(2)9(3,4)7-10(5)6;1-4(2)3;/h8H,7H2,1-6H3;1H2,2-3H3;/q;-1;. The summed E-state index contributed by atoms with van der Waals surface area (Å²) in [6, 6.07) is 0. The number of nitrogens with zero attached hydrogens (tertiary/aromatic N) is 2. The molecule has 0 N–H and O–H groups in total. The first kappa shape index (κ1) is 21.0. The van der Waals surface area contributed by atoms with Crippen LogP contribution in [-0.4, -0.2) is 44.5 Å². The zero-order valence-electron chi connectivity index (χ0n) is 11.8. The zero-order valence-corrected chi connectivity index (χ0v) is 14.7. The van der Waals surface area contributed by atoms with Gasteiger partial charge in [-0.05, 0) is 39.5 Å². The summed E-state index contributed by atoms with van der Waals surface area (Å²) in [5.74, 6) is 0.759. The van der Waals surface area contributed by atoms with Crippen LogP contribution in [-0.2, 0) is 21.1 Å². The first-order chi connectivity index (χ1) is 6.09. The Morgan fingerprint density at radius 1 is 1.07 bits per heavy atom. The minimum Gasteiger partial charge on any atom is -0.464 e. The molecule has 2 nitrogen and oxygen atoms in total. The van der Waals surface area contributed by atoms with Gasteiger partial charge in [0.05, 0.1) is 0 Å². The second kappa shape index (κ2) is 9.81. The summed E-state index contributed by atoms with van der Waals surface area (Å²) in [4.78, 5) is 4.00. The second-order valence-electron chi connectivity index (χ2n) is 5.46. The molecule has 0 aliphatic carbocycles. The molecule has 0 radical (unpaired) electrons. The van der Waals surface area contributed by atoms with Crippen LogP contribution in [0.5, 0.6) is 0 Å². The number of hydrogen-bond donors (Lipinski definition) is 0. The third-order valence-electron chi connectivity index (χ3n) is 2.29. The van der Waals surface area contributed by atoms with Crippen molar-refractivity contribution in [2.45, 2.75) is 27.7 Å². The van der Waals surface area contributed by atoms with Crippen molar-refractivity contribution in [3.63, 3.8) is 0 Å². The van der Waals surface area contributed by atoms with Crippen LogP contribution in [0, 0.1) is 18.4 Å². The Morgan fingerprint density at radius 2 is 1.33 bits per heavy atom. The molecule has 0 saturated heterocycles. The smallest absolute Gasteiger partial charge is 0.00290 e. The third kappa shape index (κ3) is 17.2. The molecule has 94 valence electrons. The van der Waals surface area contributed by atoms with Gasteiger partial charge in [-0.3, -0.25) is 7.05 Å². The molecule has 0 aromatic heterocycles. The van der Waals surface area contributed by atoms with Crippen LogP contribution in [0.2, 0.25) is 0 Å². The quantitative estimate of drug-likeness (QED) is 0.690. The Morgan fingerprint density at radius 3 is 1.40 bits per heavy atom. The van der Waals surface area contributed by atoms with E-state index in [1.807, 2.05) is 14.1 Å². The molecular formula is C12H29N2W-. The summed E-state index contributed by atoms with van der Waals surface area (Å²) in [6.07, 6.45) is 0. The van der Waals surface area contributed by atoms with Crippen molar-refractivity contribution in [1.29, 1.82) is 0 Å². The Balaban J connectivity index is -0.000000249. The van der Waals surface area contributed by atoms with E-state index in [2.05, 4.69) is 53.7 Å². The summed E-state index contributed by atoms with van der Waals surface area (Å²) < 4.78 is 0. The molecule has 0 spiro atoms. The van der Waals surface area contributed by atoms with Gasteiger partial charge in [0.2, 0.25) is 0 Å². The van der Waals surface area contributed by atoms with Gasteiger partial charge in [0.15, 0.2) is 0 Å². The minimum absolute atomic E-state index is 0. The largest absolute Gasteiger partial charge is 0.464 e. The molecule has 0 aliphatic rings. The van der Waals surface area contributed by atoms with Crippen molar-refractivity contribution in [2.75, 3.05) is 34.7 Å². The topological polar surface area (TPSA) is 6.48 Å². The van der Waals surface area contributed by atoms with E-state index < -0.39 is 0 Å². The summed E-state index contributed by atoms with van der Waals surface area (Å²) in [5.41, 5.74) is 0.448. The van der Waals surface area contributed by atoms with E-state index in [4.69, 9.17) is 0 Å². The van der Waals surface area contributed by atoms with Crippen molar-refractivity contribution in [3.05, 3.63) is 7.05 Å². The monoisotopic (exact) mass is 385 g/mol. The summed E-state index contributed by atoms with van der Waals surface area (Å²) in [6.45, 7) is 10.4. The second-order valence-corrected chi connectivity index (χ2v) is 5.46. The van der Waals surface area contributed by atoms with Crippen molar-refractivity contribution >= 4 is 0 Å². The molecule has 0 saturated carbocycles. The summed E-state index contributed by atoms with van der Waals surface area (Å²) in [7, 11) is 11.5. The van der Waals surface area contributed by atoms with Crippen molar-refractivity contribution < 1.29 is 21.1 Å². The van der Waals surface area contributed by atoms with Gasteiger partial charge in [-0.15, -0.1) is 0 Å². The van der Waals surface area contributed by atoms with Crippen molar-refractivity contribution in [3.8, 4) is 0 Å². The first-order valence-electron chi connectivity index (χ1n) is 5.22. The molecule has 0 amide bonds. The van der Waals surface area contributed by atoms with Crippen LogP contribution in [0.4, 0.5) is 0 Å². The van der Waals surface area contributed by atoms with Gasteiger partial charge in [0, 0.05) is 27.6 Å². The van der Waals surface area contributed by atoms with Gasteiger partial charge < -0.3 is 9.80 Å². The van der Waals surface area contributed by atoms with Crippen LogP contribution in [0.1, 0.15) is 27.7 Å². The fourth-order valence-corrected chi connectivity index (χ4v) is 0.998. The molecule has 0 unspecified atom stereocenters. The van der Waals surface area contributed by atoms with E-state index in [9.17, 15) is 0 Å². The summed E-state index contributed by atoms with van der Waals surface area (Å²) in [5, 5.41) is 0. The Kier molecular flexibility index (Phi) is 13.7. The molecule has 0 fully saturated rings. The average Bonchev–Trinajstić information content (AvgIpc) is 1.81. The molecule has 0 rings (SSSR count). The van der Waals surface area contributed by atoms with Crippen LogP contribution in [0.25, 0.3) is 0 Å². The first-order valence-corrected chi connectivity index (χ1v) is 5.22. The van der Waals surface area contributed by atoms with Crippen LogP contribution < -0.4 is 0 Å². The zero-order chi connectivity index (χ0) is 11.9. The van der Waals surface area contributed by atoms with E-state index >= 15 is 0 Å². The SMILES string of the molecule is CC(C)C(C)(C)CN(C)C.[CH2-]N(C)C.[W]. The maximum Gasteiger partial charge on any atom is 0.00290 e. The van der Waals surface area contributed by atoms with E-state index in [0.717, 1.165) is 5.92 Å². The predicted octanol–water partition coefficient (Wildman–Crippen LogP) is 2.57. The molecule has 0 heterocycles. The van der Waals surface area contributed by atoms with Crippen molar-refractivity contribution in [2.24, 2.45) is 11.3 Å². The predicted molar refractivity (Wildman–Crippen MR) is 66.2 cm³/mol. The third-order valence-corrected chi connectivity index (χ3v) is 2.29. The van der Waals surface area contributed by atoms with Crippen LogP contribution in [0.15, 0.2) is 0 Å². The Labute approximate surface area is 112 Å². The maximum atomic E-state index is 3.47.